The predicted molar refractivity (Wildman–Crippen MR) is 92.1 cm³/mol. The average Bonchev–Trinajstić information content (AvgIpc) is 2.65. The molecule has 9 heteroatoms. The van der Waals surface area contributed by atoms with Crippen LogP contribution >= 0.6 is 0 Å². The third-order valence-corrected chi connectivity index (χ3v) is 4.67. The van der Waals surface area contributed by atoms with Gasteiger partial charge in [-0.05, 0) is 37.5 Å². The lowest BCUT2D eigenvalue weighted by Gasteiger charge is -2.39. The smallest absolute Gasteiger partial charge is 0.409 e. The van der Waals surface area contributed by atoms with Gasteiger partial charge in [-0.3, -0.25) is 9.59 Å². The Balaban J connectivity index is 2.23. The first kappa shape index (κ1) is 21.7. The van der Waals surface area contributed by atoms with E-state index in [1.54, 1.807) is 6.92 Å². The number of amides is 1. The van der Waals surface area contributed by atoms with E-state index in [2.05, 4.69) is 4.74 Å². The SMILES string of the molecule is CCOC(=O)CC(=O)[C@H]1CCN(C(=O)OC)[C@H](C(F)c2cc(F)cc(F)c2)C1. The minimum atomic E-state index is -1.94. The molecular formula is C19H22F3NO5. The molecule has 28 heavy (non-hydrogen) atoms. The van der Waals surface area contributed by atoms with Gasteiger partial charge in [0.1, 0.15) is 30.0 Å². The summed E-state index contributed by atoms with van der Waals surface area (Å²) in [4.78, 5) is 37.0. The molecule has 3 atom stereocenters. The Kier molecular flexibility index (Phi) is 7.42. The molecule has 0 bridgehead atoms. The van der Waals surface area contributed by atoms with Crippen LogP contribution in [0.2, 0.25) is 0 Å². The molecule has 2 rings (SSSR count). The maximum absolute atomic E-state index is 15.2. The number of nitrogens with zero attached hydrogens (tertiary/aromatic N) is 1. The van der Waals surface area contributed by atoms with Crippen LogP contribution < -0.4 is 0 Å². The average molecular weight is 401 g/mol. The van der Waals surface area contributed by atoms with Gasteiger partial charge in [0.2, 0.25) is 0 Å². The number of hydrogen-bond donors (Lipinski definition) is 0. The van der Waals surface area contributed by atoms with Gasteiger partial charge in [-0.15, -0.1) is 0 Å². The summed E-state index contributed by atoms with van der Waals surface area (Å²) in [7, 11) is 1.13. The number of carbonyl (C=O) groups excluding carboxylic acids is 3. The van der Waals surface area contributed by atoms with Crippen molar-refractivity contribution in [3.05, 3.63) is 35.4 Å². The van der Waals surface area contributed by atoms with Crippen molar-refractivity contribution in [2.24, 2.45) is 5.92 Å². The van der Waals surface area contributed by atoms with Crippen molar-refractivity contribution < 1.29 is 37.0 Å². The van der Waals surface area contributed by atoms with E-state index < -0.39 is 54.0 Å². The molecule has 1 aliphatic heterocycles. The second kappa shape index (κ2) is 9.57. The highest BCUT2D eigenvalue weighted by molar-refractivity contribution is 5.96. The predicted octanol–water partition coefficient (Wildman–Crippen LogP) is 3.34. The summed E-state index contributed by atoms with van der Waals surface area (Å²) < 4.78 is 51.5. The van der Waals surface area contributed by atoms with E-state index in [0.29, 0.717) is 6.07 Å². The van der Waals surface area contributed by atoms with E-state index in [4.69, 9.17) is 4.74 Å². The number of ketones is 1. The second-order valence-corrected chi connectivity index (χ2v) is 6.50. The van der Waals surface area contributed by atoms with E-state index in [1.807, 2.05) is 0 Å². The first-order chi connectivity index (χ1) is 13.3. The maximum Gasteiger partial charge on any atom is 0.409 e. The highest BCUT2D eigenvalue weighted by Gasteiger charge is 2.40. The van der Waals surface area contributed by atoms with Crippen LogP contribution in [0.1, 0.15) is 37.9 Å². The van der Waals surface area contributed by atoms with Crippen molar-refractivity contribution in [1.82, 2.24) is 4.90 Å². The molecule has 1 fully saturated rings. The van der Waals surface area contributed by atoms with Gasteiger partial charge in [0.05, 0.1) is 19.8 Å². The second-order valence-electron chi connectivity index (χ2n) is 6.50. The zero-order chi connectivity index (χ0) is 20.8. The van der Waals surface area contributed by atoms with Crippen molar-refractivity contribution in [3.63, 3.8) is 0 Å². The van der Waals surface area contributed by atoms with Gasteiger partial charge in [-0.1, -0.05) is 0 Å². The van der Waals surface area contributed by atoms with E-state index in [9.17, 15) is 23.2 Å². The van der Waals surface area contributed by atoms with Crippen LogP contribution in [-0.4, -0.2) is 49.0 Å². The first-order valence-electron chi connectivity index (χ1n) is 8.89. The fourth-order valence-corrected chi connectivity index (χ4v) is 3.37. The summed E-state index contributed by atoms with van der Waals surface area (Å²) in [5, 5.41) is 0. The number of halogens is 3. The van der Waals surface area contributed by atoms with Crippen molar-refractivity contribution in [3.8, 4) is 0 Å². The summed E-state index contributed by atoms with van der Waals surface area (Å²) in [6.07, 6.45) is -3.08. The van der Waals surface area contributed by atoms with Crippen LogP contribution in [0, 0.1) is 17.6 Å². The number of hydrogen-bond acceptors (Lipinski definition) is 5. The molecule has 1 aliphatic rings. The van der Waals surface area contributed by atoms with E-state index in [1.165, 1.54) is 0 Å². The molecule has 1 aromatic rings. The third-order valence-electron chi connectivity index (χ3n) is 4.67. The number of esters is 1. The van der Waals surface area contributed by atoms with Gasteiger partial charge in [-0.2, -0.15) is 0 Å². The van der Waals surface area contributed by atoms with Crippen molar-refractivity contribution >= 4 is 17.8 Å². The number of alkyl halides is 1. The Morgan fingerprint density at radius 1 is 1.21 bits per heavy atom. The van der Waals surface area contributed by atoms with Crippen LogP contribution in [0.4, 0.5) is 18.0 Å². The fraction of sp³-hybridized carbons (Fsp3) is 0.526. The van der Waals surface area contributed by atoms with Gasteiger partial charge < -0.3 is 14.4 Å². The van der Waals surface area contributed by atoms with Gasteiger partial charge in [0.15, 0.2) is 0 Å². The largest absolute Gasteiger partial charge is 0.466 e. The summed E-state index contributed by atoms with van der Waals surface area (Å²) in [5.41, 5.74) is -0.283. The quantitative estimate of drug-likeness (QED) is 0.540. The summed E-state index contributed by atoms with van der Waals surface area (Å²) in [6.45, 7) is 1.75. The Morgan fingerprint density at radius 3 is 2.43 bits per heavy atom. The summed E-state index contributed by atoms with van der Waals surface area (Å²) >= 11 is 0. The van der Waals surface area contributed by atoms with E-state index in [-0.39, 0.29) is 31.6 Å². The summed E-state index contributed by atoms with van der Waals surface area (Å²) in [5.74, 6) is -3.69. The van der Waals surface area contributed by atoms with Gasteiger partial charge in [0.25, 0.3) is 0 Å². The number of piperidine rings is 1. The monoisotopic (exact) mass is 401 g/mol. The standard InChI is InChI=1S/C19H22F3NO5/c1-3-28-17(25)10-16(24)11-4-5-23(19(26)27-2)15(8-11)18(22)12-6-13(20)9-14(21)7-12/h6-7,9,11,15,18H,3-5,8,10H2,1-2H3/t11-,15-,18?/m0/s1. The van der Waals surface area contributed by atoms with E-state index >= 15 is 4.39 Å². The maximum atomic E-state index is 15.2. The number of likely N-dealkylation sites (tertiary alicyclic amines) is 1. The minimum absolute atomic E-state index is 0.00872. The topological polar surface area (TPSA) is 72.9 Å². The lowest BCUT2D eigenvalue weighted by molar-refractivity contribution is -0.146. The zero-order valence-corrected chi connectivity index (χ0v) is 15.6. The highest BCUT2D eigenvalue weighted by Crippen LogP contribution is 2.35. The van der Waals surface area contributed by atoms with Crippen LogP contribution in [0.3, 0.4) is 0 Å². The number of benzene rings is 1. The number of methoxy groups -OCH3 is 1. The van der Waals surface area contributed by atoms with Gasteiger partial charge in [0, 0.05) is 18.5 Å². The molecule has 0 N–H and O–H groups in total. The van der Waals surface area contributed by atoms with Crippen LogP contribution in [-0.2, 0) is 19.1 Å². The minimum Gasteiger partial charge on any atom is -0.466 e. The molecule has 1 heterocycles. The molecule has 6 nitrogen and oxygen atoms in total. The van der Waals surface area contributed by atoms with Crippen LogP contribution in [0.5, 0.6) is 0 Å². The Hall–Kier alpha value is -2.58. The van der Waals surface area contributed by atoms with Crippen LogP contribution in [0.15, 0.2) is 18.2 Å². The highest BCUT2D eigenvalue weighted by atomic mass is 19.1. The van der Waals surface area contributed by atoms with Gasteiger partial charge in [-0.25, -0.2) is 18.0 Å². The van der Waals surface area contributed by atoms with Crippen molar-refractivity contribution in [2.45, 2.75) is 38.4 Å². The zero-order valence-electron chi connectivity index (χ0n) is 15.6. The molecule has 1 amide bonds. The molecule has 0 radical (unpaired) electrons. The lowest BCUT2D eigenvalue weighted by Crippen LogP contribution is -2.49. The molecule has 0 saturated carbocycles. The fourth-order valence-electron chi connectivity index (χ4n) is 3.37. The lowest BCUT2D eigenvalue weighted by atomic mass is 9.83. The molecule has 1 unspecified atom stereocenters. The molecular weight excluding hydrogens is 379 g/mol. The molecule has 154 valence electrons. The molecule has 0 aliphatic carbocycles. The number of rotatable bonds is 6. The molecule has 0 aromatic heterocycles. The Labute approximate surface area is 160 Å². The van der Waals surface area contributed by atoms with E-state index in [0.717, 1.165) is 24.1 Å². The summed E-state index contributed by atoms with van der Waals surface area (Å²) in [6, 6.07) is 1.12. The van der Waals surface area contributed by atoms with Gasteiger partial charge >= 0.3 is 12.1 Å². The first-order valence-corrected chi connectivity index (χ1v) is 8.89. The Bertz CT molecular complexity index is 722. The third kappa shape index (κ3) is 5.24. The van der Waals surface area contributed by atoms with Crippen LogP contribution in [0.25, 0.3) is 0 Å². The van der Waals surface area contributed by atoms with Crippen molar-refractivity contribution in [2.75, 3.05) is 20.3 Å². The molecule has 1 aromatic carbocycles. The number of Topliss-reactive ketones (excluding diaryl/α,β-unsaturated/α-hetero) is 1. The normalized spacial score (nSPS) is 20.4. The number of ether oxygens (including phenoxy) is 2. The molecule has 0 spiro atoms. The number of carbonyl (C=O) groups is 3. The Morgan fingerprint density at radius 2 is 1.86 bits per heavy atom. The van der Waals surface area contributed by atoms with Crippen molar-refractivity contribution in [1.29, 1.82) is 0 Å². The molecule has 1 saturated heterocycles.